The second-order valence-electron chi connectivity index (χ2n) is 5.27. The van der Waals surface area contributed by atoms with E-state index in [4.69, 9.17) is 0 Å². The lowest BCUT2D eigenvalue weighted by atomic mass is 10.2. The first-order valence-electron chi connectivity index (χ1n) is 7.62. The van der Waals surface area contributed by atoms with Crippen molar-refractivity contribution < 1.29 is 0 Å². The molecule has 4 aromatic heterocycles. The Morgan fingerprint density at radius 2 is 2.08 bits per heavy atom. The molecule has 26 heavy (non-hydrogen) atoms. The van der Waals surface area contributed by atoms with Crippen LogP contribution in [-0.2, 0) is 0 Å². The molecular formula is C16H10N8S2. The van der Waals surface area contributed by atoms with Crippen molar-refractivity contribution in [3.63, 3.8) is 0 Å². The van der Waals surface area contributed by atoms with Crippen LogP contribution in [0, 0.1) is 0 Å². The van der Waals surface area contributed by atoms with Crippen molar-refractivity contribution in [3.05, 3.63) is 49.2 Å². The highest BCUT2D eigenvalue weighted by atomic mass is 32.2. The van der Waals surface area contributed by atoms with Crippen LogP contribution >= 0.6 is 23.1 Å². The summed E-state index contributed by atoms with van der Waals surface area (Å²) in [5.41, 5.74) is 1.71. The average Bonchev–Trinajstić information content (AvgIpc) is 3.31. The number of anilines is 2. The van der Waals surface area contributed by atoms with Gasteiger partial charge in [0.2, 0.25) is 0 Å². The summed E-state index contributed by atoms with van der Waals surface area (Å²) < 4.78 is 0. The maximum Gasteiger partial charge on any atom is 0.193 e. The fraction of sp³-hybridized carbons (Fsp3) is 0. The molecule has 4 heterocycles. The van der Waals surface area contributed by atoms with Crippen molar-refractivity contribution in [2.45, 2.75) is 10.1 Å². The highest BCUT2D eigenvalue weighted by molar-refractivity contribution is 7.99. The van der Waals surface area contributed by atoms with Gasteiger partial charge in [0.1, 0.15) is 28.8 Å². The van der Waals surface area contributed by atoms with Crippen LogP contribution in [0.2, 0.25) is 0 Å². The minimum Gasteiger partial charge on any atom is -0.322 e. The quantitative estimate of drug-likeness (QED) is 0.488. The Labute approximate surface area is 155 Å². The Kier molecular flexibility index (Phi) is 3.68. The maximum absolute atomic E-state index is 4.55. The minimum atomic E-state index is 0.703. The molecule has 0 unspecified atom stereocenters. The SMILES string of the molecule is c1cnc2sc(Nc3ncnc4ccc(Sc5nnc[nH]5)cc34)nc2c1. The first kappa shape index (κ1) is 15.2. The van der Waals surface area contributed by atoms with E-state index in [0.717, 1.165) is 36.4 Å². The molecule has 0 bridgehead atoms. The summed E-state index contributed by atoms with van der Waals surface area (Å²) in [7, 11) is 0. The van der Waals surface area contributed by atoms with E-state index in [1.54, 1.807) is 18.9 Å². The Balaban J connectivity index is 1.53. The van der Waals surface area contributed by atoms with Gasteiger partial charge in [0.15, 0.2) is 10.3 Å². The number of aromatic nitrogens is 7. The number of pyridine rings is 1. The predicted molar refractivity (Wildman–Crippen MR) is 101 cm³/mol. The Bertz CT molecular complexity index is 1170. The van der Waals surface area contributed by atoms with E-state index in [2.05, 4.69) is 40.4 Å². The van der Waals surface area contributed by atoms with Crippen LogP contribution in [-0.4, -0.2) is 35.1 Å². The van der Waals surface area contributed by atoms with Crippen molar-refractivity contribution in [3.8, 4) is 0 Å². The lowest BCUT2D eigenvalue weighted by molar-refractivity contribution is 0.973. The molecule has 0 saturated carbocycles. The van der Waals surface area contributed by atoms with Gasteiger partial charge in [-0.1, -0.05) is 23.1 Å². The smallest absolute Gasteiger partial charge is 0.193 e. The highest BCUT2D eigenvalue weighted by Gasteiger charge is 2.10. The lowest BCUT2D eigenvalue weighted by Crippen LogP contribution is -1.95. The fourth-order valence-corrected chi connectivity index (χ4v) is 4.02. The third kappa shape index (κ3) is 2.85. The highest BCUT2D eigenvalue weighted by Crippen LogP contribution is 2.32. The fourth-order valence-electron chi connectivity index (χ4n) is 2.48. The molecule has 0 saturated heterocycles. The first-order valence-corrected chi connectivity index (χ1v) is 9.26. The van der Waals surface area contributed by atoms with E-state index in [0.29, 0.717) is 5.82 Å². The van der Waals surface area contributed by atoms with E-state index in [1.807, 2.05) is 30.3 Å². The number of hydrogen-bond acceptors (Lipinski definition) is 9. The molecule has 0 fully saturated rings. The van der Waals surface area contributed by atoms with E-state index < -0.39 is 0 Å². The lowest BCUT2D eigenvalue weighted by Gasteiger charge is -2.07. The second-order valence-corrected chi connectivity index (χ2v) is 7.31. The van der Waals surface area contributed by atoms with Crippen molar-refractivity contribution in [1.82, 2.24) is 35.1 Å². The van der Waals surface area contributed by atoms with Crippen molar-refractivity contribution in [2.75, 3.05) is 5.32 Å². The van der Waals surface area contributed by atoms with Crippen molar-refractivity contribution >= 4 is 55.3 Å². The summed E-state index contributed by atoms with van der Waals surface area (Å²) in [6.45, 7) is 0. The zero-order chi connectivity index (χ0) is 17.3. The Morgan fingerprint density at radius 3 is 2.96 bits per heavy atom. The number of H-pyrrole nitrogens is 1. The number of thiazole rings is 1. The molecule has 0 atom stereocenters. The molecule has 0 aliphatic carbocycles. The molecule has 0 amide bonds. The molecule has 0 spiro atoms. The second kappa shape index (κ2) is 6.32. The number of nitrogens with one attached hydrogen (secondary N) is 2. The van der Waals surface area contributed by atoms with Gasteiger partial charge in [-0.25, -0.2) is 19.9 Å². The number of benzene rings is 1. The van der Waals surface area contributed by atoms with Crippen LogP contribution in [0.1, 0.15) is 0 Å². The molecule has 0 aliphatic rings. The molecule has 8 nitrogen and oxygen atoms in total. The van der Waals surface area contributed by atoms with Gasteiger partial charge in [0.05, 0.1) is 5.52 Å². The molecule has 2 N–H and O–H groups in total. The summed E-state index contributed by atoms with van der Waals surface area (Å²) >= 11 is 2.98. The summed E-state index contributed by atoms with van der Waals surface area (Å²) in [4.78, 5) is 22.5. The predicted octanol–water partition coefficient (Wildman–Crippen LogP) is 3.65. The van der Waals surface area contributed by atoms with E-state index in [9.17, 15) is 0 Å². The number of rotatable bonds is 4. The number of hydrogen-bond donors (Lipinski definition) is 2. The van der Waals surface area contributed by atoms with E-state index >= 15 is 0 Å². The summed E-state index contributed by atoms with van der Waals surface area (Å²) in [5.74, 6) is 0.703. The van der Waals surface area contributed by atoms with E-state index in [-0.39, 0.29) is 0 Å². The first-order chi connectivity index (χ1) is 12.8. The van der Waals surface area contributed by atoms with Gasteiger partial charge in [-0.2, -0.15) is 0 Å². The van der Waals surface area contributed by atoms with Crippen LogP contribution in [0.4, 0.5) is 10.9 Å². The summed E-state index contributed by atoms with van der Waals surface area (Å²) in [6, 6.07) is 9.79. The van der Waals surface area contributed by atoms with Gasteiger partial charge in [-0.3, -0.25) is 0 Å². The van der Waals surface area contributed by atoms with Crippen LogP contribution in [0.5, 0.6) is 0 Å². The van der Waals surface area contributed by atoms with Gasteiger partial charge in [0, 0.05) is 16.5 Å². The maximum atomic E-state index is 4.55. The molecule has 10 heteroatoms. The average molecular weight is 378 g/mol. The van der Waals surface area contributed by atoms with Crippen LogP contribution in [0.25, 0.3) is 21.3 Å². The Morgan fingerprint density at radius 1 is 1.08 bits per heavy atom. The molecule has 1 aromatic carbocycles. The minimum absolute atomic E-state index is 0.703. The molecule has 0 radical (unpaired) electrons. The van der Waals surface area contributed by atoms with Crippen LogP contribution in [0.3, 0.4) is 0 Å². The topological polar surface area (TPSA) is 105 Å². The zero-order valence-corrected chi connectivity index (χ0v) is 14.8. The molecule has 5 aromatic rings. The molecular weight excluding hydrogens is 368 g/mol. The molecule has 0 aliphatic heterocycles. The van der Waals surface area contributed by atoms with E-state index in [1.165, 1.54) is 23.1 Å². The third-order valence-electron chi connectivity index (χ3n) is 3.61. The zero-order valence-electron chi connectivity index (χ0n) is 13.1. The standard InChI is InChI=1S/C16H10N8S2/c1-2-12-14(17-5-1)26-16(22-12)23-13-10-6-9(25-15-20-8-21-24-15)3-4-11(10)18-7-19-13/h1-8H,(H,20,21,24)(H,18,19,22,23). The monoisotopic (exact) mass is 378 g/mol. The van der Waals surface area contributed by atoms with Gasteiger partial charge in [-0.05, 0) is 30.3 Å². The summed E-state index contributed by atoms with van der Waals surface area (Å²) in [6.07, 6.45) is 4.86. The largest absolute Gasteiger partial charge is 0.322 e. The number of fused-ring (bicyclic) bond motifs is 2. The number of nitrogens with zero attached hydrogens (tertiary/aromatic N) is 6. The molecule has 5 rings (SSSR count). The normalized spacial score (nSPS) is 11.2. The van der Waals surface area contributed by atoms with Crippen LogP contribution < -0.4 is 5.32 Å². The van der Waals surface area contributed by atoms with Gasteiger partial charge in [-0.15, -0.1) is 10.2 Å². The number of aromatic amines is 1. The van der Waals surface area contributed by atoms with Crippen molar-refractivity contribution in [1.29, 1.82) is 0 Å². The Hall–Kier alpha value is -3.11. The van der Waals surface area contributed by atoms with Gasteiger partial charge < -0.3 is 10.3 Å². The van der Waals surface area contributed by atoms with Gasteiger partial charge in [0.25, 0.3) is 0 Å². The molecule has 126 valence electrons. The van der Waals surface area contributed by atoms with Gasteiger partial charge >= 0.3 is 0 Å². The van der Waals surface area contributed by atoms with Crippen molar-refractivity contribution in [2.24, 2.45) is 0 Å². The third-order valence-corrected chi connectivity index (χ3v) is 5.38. The summed E-state index contributed by atoms with van der Waals surface area (Å²) in [5, 5.41) is 13.5. The van der Waals surface area contributed by atoms with Crippen LogP contribution in [0.15, 0.2) is 59.2 Å².